The molecule has 0 saturated carbocycles. The summed E-state index contributed by atoms with van der Waals surface area (Å²) in [5, 5.41) is 13.6. The molecule has 1 heterocycles. The average Bonchev–Trinajstić information content (AvgIpc) is 3.05. The first-order valence-electron chi connectivity index (χ1n) is 8.33. The van der Waals surface area contributed by atoms with Crippen LogP contribution in [0.2, 0.25) is 0 Å². The number of likely N-dealkylation sites (tertiary alicyclic amines) is 1. The SMILES string of the molecule is CON=C1CCN(C(=O)c2ccc(-c3ccccc3C)cc2)C1CO. The van der Waals surface area contributed by atoms with E-state index in [1.54, 1.807) is 4.90 Å². The van der Waals surface area contributed by atoms with Gasteiger partial charge in [-0.2, -0.15) is 0 Å². The van der Waals surface area contributed by atoms with Crippen LogP contribution in [-0.4, -0.2) is 47.9 Å². The highest BCUT2D eigenvalue weighted by atomic mass is 16.6. The predicted molar refractivity (Wildman–Crippen MR) is 97.6 cm³/mol. The van der Waals surface area contributed by atoms with Crippen molar-refractivity contribution in [2.75, 3.05) is 20.3 Å². The van der Waals surface area contributed by atoms with Crippen molar-refractivity contribution >= 4 is 11.6 Å². The van der Waals surface area contributed by atoms with Crippen LogP contribution in [0.15, 0.2) is 53.7 Å². The number of benzene rings is 2. The lowest BCUT2D eigenvalue weighted by molar-refractivity contribution is 0.0707. The molecule has 3 rings (SSSR count). The van der Waals surface area contributed by atoms with Crippen LogP contribution in [0.4, 0.5) is 0 Å². The smallest absolute Gasteiger partial charge is 0.254 e. The molecule has 25 heavy (non-hydrogen) atoms. The number of amides is 1. The van der Waals surface area contributed by atoms with Crippen LogP contribution in [0.3, 0.4) is 0 Å². The molecular formula is C20H22N2O3. The lowest BCUT2D eigenvalue weighted by Crippen LogP contribution is -2.40. The Kier molecular flexibility index (Phi) is 5.14. The van der Waals surface area contributed by atoms with Gasteiger partial charge in [0.05, 0.1) is 18.4 Å². The Balaban J connectivity index is 1.82. The van der Waals surface area contributed by atoms with Crippen molar-refractivity contribution < 1.29 is 14.7 Å². The lowest BCUT2D eigenvalue weighted by Gasteiger charge is -2.23. The molecule has 0 bridgehead atoms. The summed E-state index contributed by atoms with van der Waals surface area (Å²) in [6.07, 6.45) is 0.617. The molecule has 130 valence electrons. The van der Waals surface area contributed by atoms with Crippen molar-refractivity contribution in [3.05, 3.63) is 59.7 Å². The number of hydrogen-bond acceptors (Lipinski definition) is 4. The summed E-state index contributed by atoms with van der Waals surface area (Å²) in [6, 6.07) is 15.3. The molecule has 1 unspecified atom stereocenters. The minimum Gasteiger partial charge on any atom is -0.399 e. The molecule has 0 spiro atoms. The number of carbonyl (C=O) groups excluding carboxylic acids is 1. The van der Waals surface area contributed by atoms with Gasteiger partial charge in [-0.1, -0.05) is 41.6 Å². The fourth-order valence-electron chi connectivity index (χ4n) is 3.26. The highest BCUT2D eigenvalue weighted by Gasteiger charge is 2.34. The fourth-order valence-corrected chi connectivity index (χ4v) is 3.26. The number of aliphatic hydroxyl groups is 1. The largest absolute Gasteiger partial charge is 0.399 e. The molecular weight excluding hydrogens is 316 g/mol. The highest BCUT2D eigenvalue weighted by molar-refractivity contribution is 6.02. The van der Waals surface area contributed by atoms with E-state index in [4.69, 9.17) is 4.84 Å². The van der Waals surface area contributed by atoms with E-state index in [0.717, 1.165) is 11.1 Å². The topological polar surface area (TPSA) is 62.1 Å². The van der Waals surface area contributed by atoms with Gasteiger partial charge in [-0.3, -0.25) is 4.79 Å². The highest BCUT2D eigenvalue weighted by Crippen LogP contribution is 2.25. The zero-order valence-electron chi connectivity index (χ0n) is 14.5. The predicted octanol–water partition coefficient (Wildman–Crippen LogP) is 2.87. The van der Waals surface area contributed by atoms with Crippen LogP contribution < -0.4 is 0 Å². The maximum atomic E-state index is 12.8. The Morgan fingerprint density at radius 1 is 1.24 bits per heavy atom. The van der Waals surface area contributed by atoms with E-state index in [0.29, 0.717) is 24.2 Å². The van der Waals surface area contributed by atoms with Gasteiger partial charge < -0.3 is 14.8 Å². The second kappa shape index (κ2) is 7.49. The third-order valence-electron chi connectivity index (χ3n) is 4.60. The minimum atomic E-state index is -0.413. The number of oxime groups is 1. The monoisotopic (exact) mass is 338 g/mol. The van der Waals surface area contributed by atoms with Gasteiger partial charge >= 0.3 is 0 Å². The van der Waals surface area contributed by atoms with E-state index in [1.807, 2.05) is 36.4 Å². The summed E-state index contributed by atoms with van der Waals surface area (Å²) in [6.45, 7) is 2.45. The Hall–Kier alpha value is -2.66. The van der Waals surface area contributed by atoms with E-state index in [-0.39, 0.29) is 12.5 Å². The molecule has 1 amide bonds. The van der Waals surface area contributed by atoms with Crippen molar-refractivity contribution in [2.24, 2.45) is 5.16 Å². The Bertz CT molecular complexity index is 784. The number of nitrogens with zero attached hydrogens (tertiary/aromatic N) is 2. The van der Waals surface area contributed by atoms with E-state index < -0.39 is 6.04 Å². The summed E-state index contributed by atoms with van der Waals surface area (Å²) < 4.78 is 0. The third-order valence-corrected chi connectivity index (χ3v) is 4.60. The van der Waals surface area contributed by atoms with Gasteiger partial charge in [-0.25, -0.2) is 0 Å². The lowest BCUT2D eigenvalue weighted by atomic mass is 9.99. The average molecular weight is 338 g/mol. The number of hydrogen-bond donors (Lipinski definition) is 1. The second-order valence-electron chi connectivity index (χ2n) is 6.10. The normalized spacial score (nSPS) is 18.6. The zero-order chi connectivity index (χ0) is 17.8. The molecule has 1 saturated heterocycles. The molecule has 1 atom stereocenters. The molecule has 1 fully saturated rings. The molecule has 0 radical (unpaired) electrons. The summed E-state index contributed by atoms with van der Waals surface area (Å²) >= 11 is 0. The van der Waals surface area contributed by atoms with Crippen molar-refractivity contribution in [3.63, 3.8) is 0 Å². The molecule has 1 aliphatic rings. The minimum absolute atomic E-state index is 0.100. The van der Waals surface area contributed by atoms with Crippen molar-refractivity contribution in [1.82, 2.24) is 4.90 Å². The van der Waals surface area contributed by atoms with Crippen LogP contribution in [0.25, 0.3) is 11.1 Å². The number of carbonyl (C=O) groups is 1. The molecule has 0 aromatic heterocycles. The summed E-state index contributed by atoms with van der Waals surface area (Å²) in [5.74, 6) is -0.100. The molecule has 5 heteroatoms. The first kappa shape index (κ1) is 17.2. The Morgan fingerprint density at radius 3 is 2.60 bits per heavy atom. The first-order chi connectivity index (χ1) is 12.2. The molecule has 2 aromatic carbocycles. The van der Waals surface area contributed by atoms with Crippen LogP contribution in [0.1, 0.15) is 22.3 Å². The van der Waals surface area contributed by atoms with Gasteiger partial charge in [0.25, 0.3) is 5.91 Å². The Labute approximate surface area is 147 Å². The van der Waals surface area contributed by atoms with Gasteiger partial charge in [0.2, 0.25) is 0 Å². The first-order valence-corrected chi connectivity index (χ1v) is 8.33. The summed E-state index contributed by atoms with van der Waals surface area (Å²) in [7, 11) is 1.47. The zero-order valence-corrected chi connectivity index (χ0v) is 14.5. The summed E-state index contributed by atoms with van der Waals surface area (Å²) in [4.78, 5) is 19.3. The molecule has 5 nitrogen and oxygen atoms in total. The molecule has 0 aliphatic carbocycles. The molecule has 2 aromatic rings. The fraction of sp³-hybridized carbons (Fsp3) is 0.300. The van der Waals surface area contributed by atoms with E-state index >= 15 is 0 Å². The van der Waals surface area contributed by atoms with Gasteiger partial charge in [-0.05, 0) is 35.7 Å². The van der Waals surface area contributed by atoms with Crippen LogP contribution in [0.5, 0.6) is 0 Å². The van der Waals surface area contributed by atoms with Gasteiger partial charge in [0.15, 0.2) is 0 Å². The van der Waals surface area contributed by atoms with Crippen molar-refractivity contribution in [2.45, 2.75) is 19.4 Å². The van der Waals surface area contributed by atoms with E-state index in [2.05, 4.69) is 24.2 Å². The van der Waals surface area contributed by atoms with Gasteiger partial charge in [-0.15, -0.1) is 0 Å². The third kappa shape index (κ3) is 3.42. The van der Waals surface area contributed by atoms with Crippen molar-refractivity contribution in [1.29, 1.82) is 0 Å². The maximum absolute atomic E-state index is 12.8. The number of rotatable bonds is 4. The van der Waals surface area contributed by atoms with E-state index in [9.17, 15) is 9.90 Å². The second-order valence-corrected chi connectivity index (χ2v) is 6.10. The van der Waals surface area contributed by atoms with Gasteiger partial charge in [0.1, 0.15) is 7.11 Å². The van der Waals surface area contributed by atoms with Crippen LogP contribution in [0, 0.1) is 6.92 Å². The maximum Gasteiger partial charge on any atom is 0.254 e. The molecule has 1 aliphatic heterocycles. The van der Waals surface area contributed by atoms with Crippen LogP contribution in [-0.2, 0) is 4.84 Å². The number of aliphatic hydroxyl groups excluding tert-OH is 1. The van der Waals surface area contributed by atoms with Crippen molar-refractivity contribution in [3.8, 4) is 11.1 Å². The van der Waals surface area contributed by atoms with E-state index in [1.165, 1.54) is 12.7 Å². The molecule has 1 N–H and O–H groups in total. The Morgan fingerprint density at radius 2 is 1.96 bits per heavy atom. The standard InChI is InChI=1S/C20H22N2O3/c1-14-5-3-4-6-17(14)15-7-9-16(10-8-15)20(24)22-12-11-18(21-25-2)19(22)13-23/h3-10,19,23H,11-13H2,1-2H3. The number of aryl methyl sites for hydroxylation is 1. The summed E-state index contributed by atoms with van der Waals surface area (Å²) in [5.41, 5.74) is 4.74. The quantitative estimate of drug-likeness (QED) is 0.872. The van der Waals surface area contributed by atoms with Crippen LogP contribution >= 0.6 is 0 Å². The van der Waals surface area contributed by atoms with Gasteiger partial charge in [0, 0.05) is 18.5 Å².